The lowest BCUT2D eigenvalue weighted by Gasteiger charge is -2.14. The third-order valence-corrected chi connectivity index (χ3v) is 2.37. The molecular formula is C10H17NO2. The van der Waals surface area contributed by atoms with Gasteiger partial charge in [-0.25, -0.2) is 0 Å². The zero-order valence-electron chi connectivity index (χ0n) is 8.34. The van der Waals surface area contributed by atoms with Gasteiger partial charge in [-0.2, -0.15) is 0 Å². The predicted octanol–water partition coefficient (Wildman–Crippen LogP) is 1.85. The van der Waals surface area contributed by atoms with Gasteiger partial charge in [0, 0.05) is 6.54 Å². The summed E-state index contributed by atoms with van der Waals surface area (Å²) in [7, 11) is 0. The number of hydrogen-bond acceptors (Lipinski definition) is 2. The lowest BCUT2D eigenvalue weighted by atomic mass is 10.2. The molecule has 1 N–H and O–H groups in total. The number of unbranched alkanes of at least 4 members (excludes halogenated alkanes) is 1. The van der Waals surface area contributed by atoms with E-state index in [0.29, 0.717) is 18.5 Å². The lowest BCUT2D eigenvalue weighted by molar-refractivity contribution is -0.125. The maximum absolute atomic E-state index is 11.6. The van der Waals surface area contributed by atoms with Crippen molar-refractivity contribution in [1.29, 1.82) is 0 Å². The number of carbonyl (C=O) groups is 1. The summed E-state index contributed by atoms with van der Waals surface area (Å²) < 4.78 is 0. The quantitative estimate of drug-likeness (QED) is 0.722. The molecule has 1 heterocycles. The SMILES string of the molecule is CCCCN1CC(O)=C(CC)C1=O. The third-order valence-electron chi connectivity index (χ3n) is 2.37. The fourth-order valence-corrected chi connectivity index (χ4v) is 1.55. The van der Waals surface area contributed by atoms with Crippen LogP contribution in [0, 0.1) is 0 Å². The van der Waals surface area contributed by atoms with Crippen LogP contribution in [0.4, 0.5) is 0 Å². The molecule has 0 aromatic carbocycles. The molecule has 0 unspecified atom stereocenters. The topological polar surface area (TPSA) is 40.5 Å². The van der Waals surface area contributed by atoms with Crippen molar-refractivity contribution in [3.63, 3.8) is 0 Å². The smallest absolute Gasteiger partial charge is 0.253 e. The van der Waals surface area contributed by atoms with E-state index in [1.165, 1.54) is 0 Å². The van der Waals surface area contributed by atoms with Crippen molar-refractivity contribution < 1.29 is 9.90 Å². The zero-order valence-corrected chi connectivity index (χ0v) is 8.34. The molecule has 0 saturated carbocycles. The van der Waals surface area contributed by atoms with E-state index >= 15 is 0 Å². The molecule has 0 aromatic heterocycles. The Morgan fingerprint density at radius 3 is 2.62 bits per heavy atom. The van der Waals surface area contributed by atoms with E-state index in [0.717, 1.165) is 19.4 Å². The van der Waals surface area contributed by atoms with Gasteiger partial charge in [-0.3, -0.25) is 4.79 Å². The van der Waals surface area contributed by atoms with Crippen LogP contribution in [0.1, 0.15) is 33.1 Å². The van der Waals surface area contributed by atoms with E-state index in [-0.39, 0.29) is 11.7 Å². The summed E-state index contributed by atoms with van der Waals surface area (Å²) in [6, 6.07) is 0. The second kappa shape index (κ2) is 4.30. The number of carbonyl (C=O) groups excluding carboxylic acids is 1. The van der Waals surface area contributed by atoms with Gasteiger partial charge in [0.15, 0.2) is 0 Å². The summed E-state index contributed by atoms with van der Waals surface area (Å²) in [6.45, 7) is 5.17. The van der Waals surface area contributed by atoms with Gasteiger partial charge in [-0.15, -0.1) is 0 Å². The maximum Gasteiger partial charge on any atom is 0.253 e. The van der Waals surface area contributed by atoms with Crippen molar-refractivity contribution in [2.24, 2.45) is 0 Å². The summed E-state index contributed by atoms with van der Waals surface area (Å²) in [5, 5.41) is 9.45. The Bertz CT molecular complexity index is 233. The molecule has 1 aliphatic heterocycles. The van der Waals surface area contributed by atoms with Crippen LogP contribution in [-0.2, 0) is 4.79 Å². The minimum Gasteiger partial charge on any atom is -0.510 e. The minimum absolute atomic E-state index is 0.0217. The van der Waals surface area contributed by atoms with Crippen LogP contribution in [0.3, 0.4) is 0 Å². The molecule has 0 saturated heterocycles. The number of amides is 1. The number of nitrogens with zero attached hydrogens (tertiary/aromatic N) is 1. The molecule has 0 atom stereocenters. The molecule has 3 heteroatoms. The molecule has 0 spiro atoms. The molecule has 13 heavy (non-hydrogen) atoms. The van der Waals surface area contributed by atoms with Crippen LogP contribution in [0.2, 0.25) is 0 Å². The van der Waals surface area contributed by atoms with E-state index in [9.17, 15) is 9.90 Å². The Balaban J connectivity index is 2.55. The highest BCUT2D eigenvalue weighted by atomic mass is 16.3. The van der Waals surface area contributed by atoms with Crippen LogP contribution in [0.15, 0.2) is 11.3 Å². The Morgan fingerprint density at radius 2 is 2.15 bits per heavy atom. The van der Waals surface area contributed by atoms with Gasteiger partial charge in [-0.05, 0) is 12.8 Å². The highest BCUT2D eigenvalue weighted by Gasteiger charge is 2.27. The summed E-state index contributed by atoms with van der Waals surface area (Å²) in [5.74, 6) is 0.289. The Morgan fingerprint density at radius 1 is 1.46 bits per heavy atom. The molecule has 3 nitrogen and oxygen atoms in total. The van der Waals surface area contributed by atoms with Crippen molar-refractivity contribution in [3.05, 3.63) is 11.3 Å². The standard InChI is InChI=1S/C10H17NO2/c1-3-5-6-11-7-9(12)8(4-2)10(11)13/h12H,3-7H2,1-2H3. The van der Waals surface area contributed by atoms with Crippen LogP contribution in [0.5, 0.6) is 0 Å². The van der Waals surface area contributed by atoms with Gasteiger partial charge in [0.2, 0.25) is 0 Å². The first-order valence-electron chi connectivity index (χ1n) is 4.91. The van der Waals surface area contributed by atoms with Gasteiger partial charge in [-0.1, -0.05) is 20.3 Å². The van der Waals surface area contributed by atoms with E-state index < -0.39 is 0 Å². The Kier molecular flexibility index (Phi) is 3.34. The van der Waals surface area contributed by atoms with Crippen LogP contribution in [0.25, 0.3) is 0 Å². The first kappa shape index (κ1) is 10.1. The second-order valence-corrected chi connectivity index (χ2v) is 3.36. The van der Waals surface area contributed by atoms with Crippen molar-refractivity contribution in [3.8, 4) is 0 Å². The van der Waals surface area contributed by atoms with Crippen LogP contribution in [-0.4, -0.2) is 29.0 Å². The van der Waals surface area contributed by atoms with Crippen LogP contribution < -0.4 is 0 Å². The van der Waals surface area contributed by atoms with Gasteiger partial charge in [0.1, 0.15) is 5.76 Å². The van der Waals surface area contributed by atoms with Gasteiger partial charge >= 0.3 is 0 Å². The Labute approximate surface area is 79.0 Å². The summed E-state index contributed by atoms with van der Waals surface area (Å²) in [5.41, 5.74) is 0.594. The maximum atomic E-state index is 11.6. The molecule has 1 amide bonds. The van der Waals surface area contributed by atoms with Crippen LogP contribution >= 0.6 is 0 Å². The normalized spacial score (nSPS) is 17.4. The second-order valence-electron chi connectivity index (χ2n) is 3.36. The van der Waals surface area contributed by atoms with E-state index in [4.69, 9.17) is 0 Å². The molecule has 0 aliphatic carbocycles. The molecule has 0 aromatic rings. The highest BCUT2D eigenvalue weighted by Crippen LogP contribution is 2.19. The zero-order chi connectivity index (χ0) is 9.84. The average Bonchev–Trinajstić information content (AvgIpc) is 2.38. The predicted molar refractivity (Wildman–Crippen MR) is 51.4 cm³/mol. The molecule has 0 fully saturated rings. The number of hydrogen-bond donors (Lipinski definition) is 1. The van der Waals surface area contributed by atoms with Crippen molar-refractivity contribution in [1.82, 2.24) is 4.90 Å². The highest BCUT2D eigenvalue weighted by molar-refractivity contribution is 5.96. The molecule has 0 bridgehead atoms. The van der Waals surface area contributed by atoms with Crippen molar-refractivity contribution in [2.45, 2.75) is 33.1 Å². The first-order valence-corrected chi connectivity index (χ1v) is 4.91. The van der Waals surface area contributed by atoms with Gasteiger partial charge in [0.05, 0.1) is 12.1 Å². The molecule has 1 rings (SSSR count). The summed E-state index contributed by atoms with van der Waals surface area (Å²) in [6.07, 6.45) is 2.72. The number of rotatable bonds is 4. The van der Waals surface area contributed by atoms with Crippen molar-refractivity contribution >= 4 is 5.91 Å². The van der Waals surface area contributed by atoms with E-state index in [1.807, 2.05) is 6.92 Å². The fourth-order valence-electron chi connectivity index (χ4n) is 1.55. The number of aliphatic hydroxyl groups excluding tert-OH is 1. The fraction of sp³-hybridized carbons (Fsp3) is 0.700. The number of aliphatic hydroxyl groups is 1. The van der Waals surface area contributed by atoms with Crippen molar-refractivity contribution in [2.75, 3.05) is 13.1 Å². The van der Waals surface area contributed by atoms with E-state index in [2.05, 4.69) is 6.92 Å². The molecule has 0 radical (unpaired) electrons. The molecular weight excluding hydrogens is 166 g/mol. The van der Waals surface area contributed by atoms with Gasteiger partial charge in [0.25, 0.3) is 5.91 Å². The van der Waals surface area contributed by atoms with Gasteiger partial charge < -0.3 is 10.0 Å². The summed E-state index contributed by atoms with van der Waals surface area (Å²) >= 11 is 0. The molecule has 1 aliphatic rings. The first-order chi connectivity index (χ1) is 6.20. The van der Waals surface area contributed by atoms with E-state index in [1.54, 1.807) is 4.90 Å². The Hall–Kier alpha value is -0.990. The summed E-state index contributed by atoms with van der Waals surface area (Å²) in [4.78, 5) is 13.3. The molecule has 74 valence electrons. The monoisotopic (exact) mass is 183 g/mol. The third kappa shape index (κ3) is 2.02. The average molecular weight is 183 g/mol. The largest absolute Gasteiger partial charge is 0.510 e. The lowest BCUT2D eigenvalue weighted by Crippen LogP contribution is -2.28. The minimum atomic E-state index is 0.0217.